The van der Waals surface area contributed by atoms with Crippen molar-refractivity contribution in [2.75, 3.05) is 23.7 Å². The van der Waals surface area contributed by atoms with Crippen LogP contribution in [-0.4, -0.2) is 42.6 Å². The van der Waals surface area contributed by atoms with Crippen LogP contribution in [-0.2, 0) is 19.6 Å². The van der Waals surface area contributed by atoms with Crippen LogP contribution in [0.3, 0.4) is 0 Å². The van der Waals surface area contributed by atoms with Gasteiger partial charge >= 0.3 is 0 Å². The molecule has 1 saturated heterocycles. The Hall–Kier alpha value is -2.20. The third-order valence-electron chi connectivity index (χ3n) is 4.72. The second-order valence-electron chi connectivity index (χ2n) is 6.83. The first-order valence-electron chi connectivity index (χ1n) is 9.17. The van der Waals surface area contributed by atoms with Crippen LogP contribution in [0, 0.1) is 5.92 Å². The topological polar surface area (TPSA) is 108 Å². The summed E-state index contributed by atoms with van der Waals surface area (Å²) in [4.78, 5) is 27.9. The lowest BCUT2D eigenvalue weighted by Gasteiger charge is -2.30. The Bertz CT molecular complexity index is 1070. The summed E-state index contributed by atoms with van der Waals surface area (Å²) in [6, 6.07) is 7.68. The highest BCUT2D eigenvalue weighted by molar-refractivity contribution is 7.89. The number of anilines is 2. The first-order valence-corrected chi connectivity index (χ1v) is 11.4. The average Bonchev–Trinajstić information content (AvgIpc) is 2.70. The zero-order chi connectivity index (χ0) is 21.9. The molecule has 1 aliphatic rings. The molecule has 0 unspecified atom stereocenters. The standard InChI is InChI=1S/C19H20Cl2N4O4S/c1-12(26)23-15-5-4-14(20)11-16(15)24-19(27)13-6-9-25(10-7-13)30(28,29)17-3-2-8-22-18(17)21/h2-5,8,11,13H,6-7,9-10H2,1H3,(H,23,26)(H,24,27). The van der Waals surface area contributed by atoms with Gasteiger partial charge in [0.2, 0.25) is 21.8 Å². The van der Waals surface area contributed by atoms with Crippen molar-refractivity contribution in [2.45, 2.75) is 24.7 Å². The van der Waals surface area contributed by atoms with E-state index < -0.39 is 10.0 Å². The Morgan fingerprint density at radius 2 is 1.80 bits per heavy atom. The van der Waals surface area contributed by atoms with Gasteiger partial charge in [0.25, 0.3) is 0 Å². The van der Waals surface area contributed by atoms with Gasteiger partial charge in [0.15, 0.2) is 0 Å². The molecule has 2 N–H and O–H groups in total. The monoisotopic (exact) mass is 470 g/mol. The summed E-state index contributed by atoms with van der Waals surface area (Å²) < 4.78 is 26.9. The Balaban J connectivity index is 1.67. The smallest absolute Gasteiger partial charge is 0.246 e. The van der Waals surface area contributed by atoms with E-state index in [9.17, 15) is 18.0 Å². The van der Waals surface area contributed by atoms with Gasteiger partial charge in [-0.3, -0.25) is 9.59 Å². The largest absolute Gasteiger partial charge is 0.325 e. The predicted molar refractivity (Wildman–Crippen MR) is 115 cm³/mol. The van der Waals surface area contributed by atoms with Gasteiger partial charge in [-0.25, -0.2) is 13.4 Å². The molecule has 0 saturated carbocycles. The first-order chi connectivity index (χ1) is 14.2. The van der Waals surface area contributed by atoms with Crippen LogP contribution in [0.4, 0.5) is 11.4 Å². The second kappa shape index (κ2) is 9.30. The molecule has 0 radical (unpaired) electrons. The molecular weight excluding hydrogens is 451 g/mol. The SMILES string of the molecule is CC(=O)Nc1ccc(Cl)cc1NC(=O)C1CCN(S(=O)(=O)c2cccnc2Cl)CC1. The van der Waals surface area contributed by atoms with Gasteiger partial charge in [-0.15, -0.1) is 0 Å². The highest BCUT2D eigenvalue weighted by Gasteiger charge is 2.33. The van der Waals surface area contributed by atoms with Crippen LogP contribution in [0.1, 0.15) is 19.8 Å². The predicted octanol–water partition coefficient (Wildman–Crippen LogP) is 3.39. The molecule has 11 heteroatoms. The lowest BCUT2D eigenvalue weighted by Crippen LogP contribution is -2.41. The maximum absolute atomic E-state index is 12.8. The van der Waals surface area contributed by atoms with Crippen LogP contribution < -0.4 is 10.6 Å². The first kappa shape index (κ1) is 22.5. The van der Waals surface area contributed by atoms with E-state index in [1.54, 1.807) is 18.2 Å². The molecular formula is C19H20Cl2N4O4S. The molecule has 0 spiro atoms. The maximum atomic E-state index is 12.8. The highest BCUT2D eigenvalue weighted by Crippen LogP contribution is 2.30. The number of carbonyl (C=O) groups excluding carboxylic acids is 2. The Morgan fingerprint density at radius 3 is 2.43 bits per heavy atom. The lowest BCUT2D eigenvalue weighted by molar-refractivity contribution is -0.121. The third kappa shape index (κ3) is 5.10. The summed E-state index contributed by atoms with van der Waals surface area (Å²) in [5.74, 6) is -0.925. The summed E-state index contributed by atoms with van der Waals surface area (Å²) in [6.07, 6.45) is 2.11. The number of halogens is 2. The van der Waals surface area contributed by atoms with Crippen molar-refractivity contribution in [3.63, 3.8) is 0 Å². The number of nitrogens with zero attached hydrogens (tertiary/aromatic N) is 2. The van der Waals surface area contributed by atoms with Crippen molar-refractivity contribution in [3.8, 4) is 0 Å². The minimum atomic E-state index is -3.78. The molecule has 1 aromatic carbocycles. The Labute approximate surface area is 184 Å². The molecule has 2 amide bonds. The zero-order valence-corrected chi connectivity index (χ0v) is 18.4. The highest BCUT2D eigenvalue weighted by atomic mass is 35.5. The Kier molecular flexibility index (Phi) is 6.97. The quantitative estimate of drug-likeness (QED) is 0.650. The number of hydrogen-bond acceptors (Lipinski definition) is 5. The number of sulfonamides is 1. The van der Waals surface area contributed by atoms with E-state index in [1.807, 2.05) is 0 Å². The van der Waals surface area contributed by atoms with Crippen LogP contribution in [0.15, 0.2) is 41.4 Å². The number of aromatic nitrogens is 1. The van der Waals surface area contributed by atoms with E-state index in [4.69, 9.17) is 23.2 Å². The summed E-state index contributed by atoms with van der Waals surface area (Å²) in [5, 5.41) is 5.76. The second-order valence-corrected chi connectivity index (χ2v) is 9.53. The van der Waals surface area contributed by atoms with Crippen molar-refractivity contribution in [2.24, 2.45) is 5.92 Å². The fourth-order valence-corrected chi connectivity index (χ4v) is 5.28. The summed E-state index contributed by atoms with van der Waals surface area (Å²) >= 11 is 11.9. The van der Waals surface area contributed by atoms with Crippen LogP contribution in [0.5, 0.6) is 0 Å². The minimum absolute atomic E-state index is 0.0477. The van der Waals surface area contributed by atoms with Gasteiger partial charge in [0.05, 0.1) is 11.4 Å². The zero-order valence-electron chi connectivity index (χ0n) is 16.1. The molecule has 1 fully saturated rings. The summed E-state index contributed by atoms with van der Waals surface area (Å²) in [7, 11) is -3.78. The molecule has 0 bridgehead atoms. The van der Waals surface area contributed by atoms with E-state index >= 15 is 0 Å². The molecule has 2 heterocycles. The molecule has 160 valence electrons. The minimum Gasteiger partial charge on any atom is -0.325 e. The number of hydrogen-bond donors (Lipinski definition) is 2. The van der Waals surface area contributed by atoms with E-state index in [2.05, 4.69) is 15.6 Å². The molecule has 1 aromatic heterocycles. The Morgan fingerprint density at radius 1 is 1.10 bits per heavy atom. The van der Waals surface area contributed by atoms with Crippen molar-refractivity contribution in [1.82, 2.24) is 9.29 Å². The lowest BCUT2D eigenvalue weighted by atomic mass is 9.97. The van der Waals surface area contributed by atoms with Crippen molar-refractivity contribution >= 4 is 56.4 Å². The van der Waals surface area contributed by atoms with Crippen LogP contribution in [0.2, 0.25) is 10.2 Å². The molecule has 2 aromatic rings. The number of nitrogens with one attached hydrogen (secondary N) is 2. The molecule has 1 aliphatic heterocycles. The van der Waals surface area contributed by atoms with E-state index in [-0.39, 0.29) is 40.9 Å². The van der Waals surface area contributed by atoms with E-state index in [0.29, 0.717) is 29.2 Å². The number of benzene rings is 1. The van der Waals surface area contributed by atoms with E-state index in [1.165, 1.54) is 29.6 Å². The summed E-state index contributed by atoms with van der Waals surface area (Å²) in [5.41, 5.74) is 0.825. The number of amides is 2. The van der Waals surface area contributed by atoms with Gasteiger partial charge in [-0.2, -0.15) is 4.31 Å². The third-order valence-corrected chi connectivity index (χ3v) is 7.30. The molecule has 30 heavy (non-hydrogen) atoms. The normalized spacial score (nSPS) is 15.6. The van der Waals surface area contributed by atoms with Crippen molar-refractivity contribution in [1.29, 1.82) is 0 Å². The number of piperidine rings is 1. The molecule has 0 aliphatic carbocycles. The fourth-order valence-electron chi connectivity index (χ4n) is 3.21. The van der Waals surface area contributed by atoms with Gasteiger partial charge in [-0.05, 0) is 43.2 Å². The molecule has 0 atom stereocenters. The number of rotatable bonds is 5. The average molecular weight is 471 g/mol. The summed E-state index contributed by atoms with van der Waals surface area (Å²) in [6.45, 7) is 1.73. The number of pyridine rings is 1. The fraction of sp³-hybridized carbons (Fsp3) is 0.316. The number of carbonyl (C=O) groups is 2. The molecule has 8 nitrogen and oxygen atoms in total. The van der Waals surface area contributed by atoms with Gasteiger partial charge in [0, 0.05) is 37.2 Å². The van der Waals surface area contributed by atoms with Crippen LogP contribution in [0.25, 0.3) is 0 Å². The van der Waals surface area contributed by atoms with Crippen LogP contribution >= 0.6 is 23.2 Å². The van der Waals surface area contributed by atoms with Gasteiger partial charge in [-0.1, -0.05) is 23.2 Å². The van der Waals surface area contributed by atoms with E-state index in [0.717, 1.165) is 0 Å². The van der Waals surface area contributed by atoms with Crippen molar-refractivity contribution < 1.29 is 18.0 Å². The molecule has 3 rings (SSSR count). The van der Waals surface area contributed by atoms with Crippen molar-refractivity contribution in [3.05, 3.63) is 46.7 Å². The van der Waals surface area contributed by atoms with Gasteiger partial charge < -0.3 is 10.6 Å². The van der Waals surface area contributed by atoms with Gasteiger partial charge in [0.1, 0.15) is 10.0 Å². The maximum Gasteiger partial charge on any atom is 0.246 e.